The topological polar surface area (TPSA) is 12.0 Å². The molecule has 0 spiro atoms. The number of allylic oxidation sites excluding steroid dienone is 1. The normalized spacial score (nSPS) is 10.3. The standard InChI is InChI=1S/C8H15N/c1-3-5-7-9-8-6-4-2/h3-4,6,9H,1,5,7-8H2,2H3/b6-4+. The van der Waals surface area contributed by atoms with Crippen molar-refractivity contribution in [3.05, 3.63) is 24.8 Å². The SMILES string of the molecule is C=CCCNC/C=C/C. The summed E-state index contributed by atoms with van der Waals surface area (Å²) in [4.78, 5) is 0. The van der Waals surface area contributed by atoms with Crippen LogP contribution in [0.3, 0.4) is 0 Å². The van der Waals surface area contributed by atoms with Crippen LogP contribution in [0.2, 0.25) is 0 Å². The lowest BCUT2D eigenvalue weighted by molar-refractivity contribution is 0.757. The quantitative estimate of drug-likeness (QED) is 0.436. The Bertz CT molecular complexity index is 84.6. The highest BCUT2D eigenvalue weighted by molar-refractivity contribution is 4.79. The van der Waals surface area contributed by atoms with Gasteiger partial charge in [-0.2, -0.15) is 0 Å². The van der Waals surface area contributed by atoms with Crippen LogP contribution in [0.5, 0.6) is 0 Å². The van der Waals surface area contributed by atoms with Crippen molar-refractivity contribution in [1.29, 1.82) is 0 Å². The van der Waals surface area contributed by atoms with Gasteiger partial charge in [-0.3, -0.25) is 0 Å². The van der Waals surface area contributed by atoms with Gasteiger partial charge in [0.1, 0.15) is 0 Å². The molecular formula is C8H15N. The molecule has 0 fully saturated rings. The van der Waals surface area contributed by atoms with Gasteiger partial charge in [0.25, 0.3) is 0 Å². The number of hydrogen-bond donors (Lipinski definition) is 1. The van der Waals surface area contributed by atoms with Crippen molar-refractivity contribution in [2.24, 2.45) is 0 Å². The fourth-order valence-electron chi connectivity index (χ4n) is 0.507. The van der Waals surface area contributed by atoms with Crippen LogP contribution in [-0.4, -0.2) is 13.1 Å². The second kappa shape index (κ2) is 7.44. The zero-order valence-electron chi connectivity index (χ0n) is 6.06. The zero-order chi connectivity index (χ0) is 6.95. The first-order valence-electron chi connectivity index (χ1n) is 3.34. The fraction of sp³-hybridized carbons (Fsp3) is 0.500. The summed E-state index contributed by atoms with van der Waals surface area (Å²) in [5.74, 6) is 0. The molecule has 1 nitrogen and oxygen atoms in total. The molecule has 0 aromatic heterocycles. The molecule has 0 heterocycles. The average Bonchev–Trinajstić information content (AvgIpc) is 1.89. The monoisotopic (exact) mass is 125 g/mol. The summed E-state index contributed by atoms with van der Waals surface area (Å²) in [6.07, 6.45) is 7.12. The molecule has 0 unspecified atom stereocenters. The van der Waals surface area contributed by atoms with E-state index in [1.165, 1.54) is 0 Å². The van der Waals surface area contributed by atoms with Crippen molar-refractivity contribution in [3.8, 4) is 0 Å². The predicted molar refractivity (Wildman–Crippen MR) is 42.5 cm³/mol. The van der Waals surface area contributed by atoms with Crippen LogP contribution >= 0.6 is 0 Å². The van der Waals surface area contributed by atoms with Crippen LogP contribution in [0.15, 0.2) is 24.8 Å². The van der Waals surface area contributed by atoms with Gasteiger partial charge in [-0.05, 0) is 19.9 Å². The highest BCUT2D eigenvalue weighted by atomic mass is 14.8. The molecule has 0 saturated heterocycles. The van der Waals surface area contributed by atoms with Crippen molar-refractivity contribution in [3.63, 3.8) is 0 Å². The Labute approximate surface area is 57.5 Å². The molecule has 0 aliphatic heterocycles. The van der Waals surface area contributed by atoms with Crippen LogP contribution in [0.25, 0.3) is 0 Å². The van der Waals surface area contributed by atoms with Crippen LogP contribution in [0.1, 0.15) is 13.3 Å². The summed E-state index contributed by atoms with van der Waals surface area (Å²) < 4.78 is 0. The highest BCUT2D eigenvalue weighted by Gasteiger charge is 1.76. The second-order valence-electron chi connectivity index (χ2n) is 1.85. The molecule has 0 radical (unpaired) electrons. The summed E-state index contributed by atoms with van der Waals surface area (Å²) in [6, 6.07) is 0. The summed E-state index contributed by atoms with van der Waals surface area (Å²) in [7, 11) is 0. The Morgan fingerprint density at radius 1 is 1.56 bits per heavy atom. The second-order valence-corrected chi connectivity index (χ2v) is 1.85. The minimum Gasteiger partial charge on any atom is -0.313 e. The van der Waals surface area contributed by atoms with Gasteiger partial charge in [-0.15, -0.1) is 6.58 Å². The Morgan fingerprint density at radius 2 is 2.33 bits per heavy atom. The molecule has 0 saturated carbocycles. The van der Waals surface area contributed by atoms with E-state index in [1.807, 2.05) is 19.1 Å². The maximum atomic E-state index is 3.62. The van der Waals surface area contributed by atoms with E-state index in [0.717, 1.165) is 19.5 Å². The summed E-state index contributed by atoms with van der Waals surface area (Å²) in [6.45, 7) is 7.66. The molecule has 1 N–H and O–H groups in total. The maximum absolute atomic E-state index is 3.62. The van der Waals surface area contributed by atoms with Crippen LogP contribution < -0.4 is 5.32 Å². The third kappa shape index (κ3) is 7.44. The first-order valence-corrected chi connectivity index (χ1v) is 3.34. The van der Waals surface area contributed by atoms with Crippen molar-refractivity contribution in [2.75, 3.05) is 13.1 Å². The van der Waals surface area contributed by atoms with E-state index in [2.05, 4.69) is 18.0 Å². The van der Waals surface area contributed by atoms with Gasteiger partial charge in [-0.25, -0.2) is 0 Å². The van der Waals surface area contributed by atoms with E-state index < -0.39 is 0 Å². The largest absolute Gasteiger partial charge is 0.313 e. The molecule has 0 rings (SSSR count). The fourth-order valence-corrected chi connectivity index (χ4v) is 0.507. The summed E-state index contributed by atoms with van der Waals surface area (Å²) >= 11 is 0. The third-order valence-electron chi connectivity index (χ3n) is 1.02. The van der Waals surface area contributed by atoms with E-state index >= 15 is 0 Å². The maximum Gasteiger partial charge on any atom is 0.0134 e. The van der Waals surface area contributed by atoms with Crippen LogP contribution in [-0.2, 0) is 0 Å². The van der Waals surface area contributed by atoms with Gasteiger partial charge in [0.05, 0.1) is 0 Å². The first-order chi connectivity index (χ1) is 4.41. The molecular weight excluding hydrogens is 110 g/mol. The molecule has 0 aromatic carbocycles. The smallest absolute Gasteiger partial charge is 0.0134 e. The Morgan fingerprint density at radius 3 is 2.89 bits per heavy atom. The molecule has 0 aliphatic rings. The van der Waals surface area contributed by atoms with Gasteiger partial charge in [0.2, 0.25) is 0 Å². The van der Waals surface area contributed by atoms with E-state index in [4.69, 9.17) is 0 Å². The lowest BCUT2D eigenvalue weighted by Gasteiger charge is -1.94. The lowest BCUT2D eigenvalue weighted by Crippen LogP contribution is -2.13. The molecule has 9 heavy (non-hydrogen) atoms. The minimum atomic E-state index is 0.977. The van der Waals surface area contributed by atoms with Crippen molar-refractivity contribution < 1.29 is 0 Å². The molecule has 0 amide bonds. The zero-order valence-corrected chi connectivity index (χ0v) is 6.06. The minimum absolute atomic E-state index is 0.977. The molecule has 0 aliphatic carbocycles. The Balaban J connectivity index is 2.82. The summed E-state index contributed by atoms with van der Waals surface area (Å²) in [5.41, 5.74) is 0. The Hall–Kier alpha value is -0.560. The van der Waals surface area contributed by atoms with Gasteiger partial charge < -0.3 is 5.32 Å². The van der Waals surface area contributed by atoms with Crippen molar-refractivity contribution >= 4 is 0 Å². The van der Waals surface area contributed by atoms with E-state index in [0.29, 0.717) is 0 Å². The number of nitrogens with one attached hydrogen (secondary N) is 1. The predicted octanol–water partition coefficient (Wildman–Crippen LogP) is 1.73. The molecule has 52 valence electrons. The molecule has 0 aromatic rings. The number of rotatable bonds is 5. The van der Waals surface area contributed by atoms with Gasteiger partial charge in [0, 0.05) is 6.54 Å². The molecule has 1 heteroatoms. The molecule has 0 atom stereocenters. The van der Waals surface area contributed by atoms with E-state index in [-0.39, 0.29) is 0 Å². The van der Waals surface area contributed by atoms with E-state index in [1.54, 1.807) is 0 Å². The van der Waals surface area contributed by atoms with Gasteiger partial charge in [0.15, 0.2) is 0 Å². The Kier molecular flexibility index (Phi) is 6.98. The first kappa shape index (κ1) is 8.44. The molecule has 0 bridgehead atoms. The number of hydrogen-bond acceptors (Lipinski definition) is 1. The highest BCUT2D eigenvalue weighted by Crippen LogP contribution is 1.74. The average molecular weight is 125 g/mol. The lowest BCUT2D eigenvalue weighted by atomic mass is 10.4. The van der Waals surface area contributed by atoms with Gasteiger partial charge >= 0.3 is 0 Å². The summed E-state index contributed by atoms with van der Waals surface area (Å²) in [5, 5.41) is 3.23. The van der Waals surface area contributed by atoms with Crippen LogP contribution in [0.4, 0.5) is 0 Å². The van der Waals surface area contributed by atoms with Crippen LogP contribution in [0, 0.1) is 0 Å². The van der Waals surface area contributed by atoms with E-state index in [9.17, 15) is 0 Å². The van der Waals surface area contributed by atoms with Crippen molar-refractivity contribution in [2.45, 2.75) is 13.3 Å². The van der Waals surface area contributed by atoms with Gasteiger partial charge in [-0.1, -0.05) is 18.2 Å². The van der Waals surface area contributed by atoms with Crippen molar-refractivity contribution in [1.82, 2.24) is 5.32 Å². The third-order valence-corrected chi connectivity index (χ3v) is 1.02.